The summed E-state index contributed by atoms with van der Waals surface area (Å²) in [4.78, 5) is 11.7. The lowest BCUT2D eigenvalue weighted by atomic mass is 10.3. The van der Waals surface area contributed by atoms with Crippen LogP contribution in [0.5, 0.6) is 17.2 Å². The molecule has 0 atom stereocenters. The molecule has 0 heterocycles. The first kappa shape index (κ1) is 16.7. The molecule has 0 aromatic heterocycles. The van der Waals surface area contributed by atoms with Crippen molar-refractivity contribution < 1.29 is 14.3 Å². The second-order valence-corrected chi connectivity index (χ2v) is 5.01. The summed E-state index contributed by atoms with van der Waals surface area (Å²) < 4.78 is 11.0. The molecule has 2 aromatic carbocycles. The lowest BCUT2D eigenvalue weighted by Crippen LogP contribution is -2.29. The van der Waals surface area contributed by atoms with Crippen LogP contribution >= 0.6 is 0 Å². The number of anilines is 1. The van der Waals surface area contributed by atoms with Gasteiger partial charge in [-0.25, -0.2) is 4.79 Å². The van der Waals surface area contributed by atoms with E-state index in [4.69, 9.17) is 9.47 Å². The van der Waals surface area contributed by atoms with Gasteiger partial charge in [-0.3, -0.25) is 0 Å². The van der Waals surface area contributed by atoms with Crippen molar-refractivity contribution in [3.8, 4) is 17.2 Å². The minimum absolute atomic E-state index is 0.197. The molecule has 2 amide bonds. The van der Waals surface area contributed by atoms with Crippen molar-refractivity contribution in [1.82, 2.24) is 5.32 Å². The highest BCUT2D eigenvalue weighted by Crippen LogP contribution is 2.31. The standard InChI is InChI=1S/C18H22N2O3/c1-3-4-13-19-18(21)20-14-9-11-15(12-10-14)23-17-8-6-5-7-16(17)22-2/h5-12H,3-4,13H2,1-2H3,(H2,19,20,21). The molecule has 2 N–H and O–H groups in total. The number of para-hydroxylation sites is 2. The van der Waals surface area contributed by atoms with E-state index in [0.29, 0.717) is 29.5 Å². The lowest BCUT2D eigenvalue weighted by molar-refractivity contribution is 0.252. The summed E-state index contributed by atoms with van der Waals surface area (Å²) in [6.07, 6.45) is 2.02. The Bertz CT molecular complexity index is 626. The number of unbranched alkanes of at least 4 members (excludes halogenated alkanes) is 1. The molecule has 0 fully saturated rings. The molecule has 23 heavy (non-hydrogen) atoms. The average Bonchev–Trinajstić information content (AvgIpc) is 2.57. The van der Waals surface area contributed by atoms with Gasteiger partial charge in [0.15, 0.2) is 11.5 Å². The number of carbonyl (C=O) groups excluding carboxylic acids is 1. The maximum Gasteiger partial charge on any atom is 0.319 e. The molecular formula is C18H22N2O3. The molecule has 0 aliphatic rings. The maximum absolute atomic E-state index is 11.7. The van der Waals surface area contributed by atoms with Gasteiger partial charge in [-0.15, -0.1) is 0 Å². The summed E-state index contributed by atoms with van der Waals surface area (Å²) in [6, 6.07) is 14.4. The number of carbonyl (C=O) groups is 1. The number of ether oxygens (including phenoxy) is 2. The van der Waals surface area contributed by atoms with Crippen molar-refractivity contribution >= 4 is 11.7 Å². The number of rotatable bonds is 7. The number of hydrogen-bond donors (Lipinski definition) is 2. The highest BCUT2D eigenvalue weighted by atomic mass is 16.5. The molecule has 0 saturated carbocycles. The molecule has 0 bridgehead atoms. The van der Waals surface area contributed by atoms with Gasteiger partial charge in [0.25, 0.3) is 0 Å². The van der Waals surface area contributed by atoms with E-state index in [9.17, 15) is 4.79 Å². The zero-order valence-electron chi connectivity index (χ0n) is 13.5. The predicted molar refractivity (Wildman–Crippen MR) is 91.4 cm³/mol. The Kier molecular flexibility index (Phi) is 6.29. The molecule has 0 saturated heterocycles. The molecule has 0 radical (unpaired) electrons. The summed E-state index contributed by atoms with van der Waals surface area (Å²) in [7, 11) is 1.60. The van der Waals surface area contributed by atoms with Gasteiger partial charge in [0.2, 0.25) is 0 Å². The second-order valence-electron chi connectivity index (χ2n) is 5.01. The summed E-state index contributed by atoms with van der Waals surface area (Å²) in [6.45, 7) is 2.76. The maximum atomic E-state index is 11.7. The first-order valence-corrected chi connectivity index (χ1v) is 7.68. The van der Waals surface area contributed by atoms with E-state index in [1.165, 1.54) is 0 Å². The first-order chi connectivity index (χ1) is 11.2. The Morgan fingerprint density at radius 3 is 2.39 bits per heavy atom. The average molecular weight is 314 g/mol. The van der Waals surface area contributed by atoms with Crippen LogP contribution in [-0.2, 0) is 0 Å². The fraction of sp³-hybridized carbons (Fsp3) is 0.278. The minimum Gasteiger partial charge on any atom is -0.493 e. The normalized spacial score (nSPS) is 10.0. The van der Waals surface area contributed by atoms with Gasteiger partial charge in [0, 0.05) is 12.2 Å². The molecule has 0 aliphatic carbocycles. The third-order valence-electron chi connectivity index (χ3n) is 3.22. The van der Waals surface area contributed by atoms with Crippen molar-refractivity contribution in [2.45, 2.75) is 19.8 Å². The fourth-order valence-electron chi connectivity index (χ4n) is 1.99. The smallest absolute Gasteiger partial charge is 0.319 e. The Morgan fingerprint density at radius 2 is 1.74 bits per heavy atom. The van der Waals surface area contributed by atoms with Crippen LogP contribution in [0.15, 0.2) is 48.5 Å². The van der Waals surface area contributed by atoms with Gasteiger partial charge >= 0.3 is 6.03 Å². The van der Waals surface area contributed by atoms with Gasteiger partial charge in [-0.2, -0.15) is 0 Å². The first-order valence-electron chi connectivity index (χ1n) is 7.68. The van der Waals surface area contributed by atoms with Gasteiger partial charge < -0.3 is 20.1 Å². The second kappa shape index (κ2) is 8.68. The van der Waals surface area contributed by atoms with E-state index < -0.39 is 0 Å². The number of nitrogens with one attached hydrogen (secondary N) is 2. The van der Waals surface area contributed by atoms with Crippen molar-refractivity contribution in [2.24, 2.45) is 0 Å². The SMILES string of the molecule is CCCCNC(=O)Nc1ccc(Oc2ccccc2OC)cc1. The Balaban J connectivity index is 1.93. The zero-order chi connectivity index (χ0) is 16.5. The zero-order valence-corrected chi connectivity index (χ0v) is 13.5. The van der Waals surface area contributed by atoms with Crippen molar-refractivity contribution in [3.63, 3.8) is 0 Å². The summed E-state index contributed by atoms with van der Waals surface area (Å²) in [5, 5.41) is 5.59. The van der Waals surface area contributed by atoms with Crippen LogP contribution in [0.3, 0.4) is 0 Å². The molecule has 122 valence electrons. The quantitative estimate of drug-likeness (QED) is 0.744. The largest absolute Gasteiger partial charge is 0.493 e. The monoisotopic (exact) mass is 314 g/mol. The summed E-state index contributed by atoms with van der Waals surface area (Å²) >= 11 is 0. The molecule has 2 rings (SSSR count). The van der Waals surface area contributed by atoms with Crippen molar-refractivity contribution in [3.05, 3.63) is 48.5 Å². The molecule has 5 heteroatoms. The van der Waals surface area contributed by atoms with E-state index in [1.807, 2.05) is 24.3 Å². The summed E-state index contributed by atoms with van der Waals surface area (Å²) in [5.74, 6) is 1.99. The molecule has 0 spiro atoms. The highest BCUT2D eigenvalue weighted by Gasteiger charge is 2.05. The summed E-state index contributed by atoms with van der Waals surface area (Å²) in [5.41, 5.74) is 0.714. The van der Waals surface area contributed by atoms with E-state index in [0.717, 1.165) is 12.8 Å². The Morgan fingerprint density at radius 1 is 1.04 bits per heavy atom. The number of hydrogen-bond acceptors (Lipinski definition) is 3. The number of amides is 2. The third kappa shape index (κ3) is 5.21. The van der Waals surface area contributed by atoms with Gasteiger partial charge in [-0.1, -0.05) is 25.5 Å². The van der Waals surface area contributed by atoms with Crippen molar-refractivity contribution in [1.29, 1.82) is 0 Å². The fourth-order valence-corrected chi connectivity index (χ4v) is 1.99. The highest BCUT2D eigenvalue weighted by molar-refractivity contribution is 5.89. The number of methoxy groups -OCH3 is 1. The molecule has 2 aromatic rings. The van der Waals surface area contributed by atoms with Crippen LogP contribution < -0.4 is 20.1 Å². The number of urea groups is 1. The van der Waals surface area contributed by atoms with E-state index in [-0.39, 0.29) is 6.03 Å². The van der Waals surface area contributed by atoms with Gasteiger partial charge in [-0.05, 0) is 42.8 Å². The van der Waals surface area contributed by atoms with E-state index in [2.05, 4.69) is 17.6 Å². The third-order valence-corrected chi connectivity index (χ3v) is 3.22. The molecule has 0 aliphatic heterocycles. The lowest BCUT2D eigenvalue weighted by Gasteiger charge is -2.11. The van der Waals surface area contributed by atoms with Crippen LogP contribution in [0.25, 0.3) is 0 Å². The van der Waals surface area contributed by atoms with E-state index in [1.54, 1.807) is 31.4 Å². The molecule has 0 unspecified atom stereocenters. The van der Waals surface area contributed by atoms with Gasteiger partial charge in [0.1, 0.15) is 5.75 Å². The van der Waals surface area contributed by atoms with Crippen LogP contribution in [-0.4, -0.2) is 19.7 Å². The van der Waals surface area contributed by atoms with Crippen LogP contribution in [0.1, 0.15) is 19.8 Å². The number of benzene rings is 2. The van der Waals surface area contributed by atoms with Crippen LogP contribution in [0, 0.1) is 0 Å². The van der Waals surface area contributed by atoms with Crippen LogP contribution in [0.4, 0.5) is 10.5 Å². The molecule has 5 nitrogen and oxygen atoms in total. The van der Waals surface area contributed by atoms with E-state index >= 15 is 0 Å². The topological polar surface area (TPSA) is 59.6 Å². The Hall–Kier alpha value is -2.69. The predicted octanol–water partition coefficient (Wildman–Crippen LogP) is 4.41. The minimum atomic E-state index is -0.197. The molecular weight excluding hydrogens is 292 g/mol. The van der Waals surface area contributed by atoms with Crippen LogP contribution in [0.2, 0.25) is 0 Å². The van der Waals surface area contributed by atoms with Gasteiger partial charge in [0.05, 0.1) is 7.11 Å². The Labute approximate surface area is 136 Å². The van der Waals surface area contributed by atoms with Crippen molar-refractivity contribution in [2.75, 3.05) is 19.0 Å².